The summed E-state index contributed by atoms with van der Waals surface area (Å²) in [6.45, 7) is 3.77. The summed E-state index contributed by atoms with van der Waals surface area (Å²) < 4.78 is 0. The van der Waals surface area contributed by atoms with Gasteiger partial charge in [-0.05, 0) is 23.8 Å². The molecule has 0 aromatic heterocycles. The molecule has 0 heterocycles. The Morgan fingerprint density at radius 1 is 1.38 bits per heavy atom. The van der Waals surface area contributed by atoms with Gasteiger partial charge in [0, 0.05) is 13.1 Å². The van der Waals surface area contributed by atoms with Crippen molar-refractivity contribution in [3.63, 3.8) is 0 Å². The van der Waals surface area contributed by atoms with Gasteiger partial charge in [-0.15, -0.1) is 0 Å². The topological polar surface area (TPSA) is 32.3 Å². The maximum atomic E-state index is 9.91. The smallest absolute Gasteiger partial charge is 0.0695 e. The Bertz CT molecular complexity index is 312. The minimum atomic E-state index is -0.159. The molecular weight excluding hydrogens is 198 g/mol. The highest BCUT2D eigenvalue weighted by atomic mass is 16.3. The third-order valence-corrected chi connectivity index (χ3v) is 3.52. The third-order valence-electron chi connectivity index (χ3n) is 3.52. The van der Waals surface area contributed by atoms with Crippen LogP contribution in [0.4, 0.5) is 0 Å². The van der Waals surface area contributed by atoms with E-state index in [1.54, 1.807) is 0 Å². The Balaban J connectivity index is 1.65. The van der Waals surface area contributed by atoms with Gasteiger partial charge in [0.2, 0.25) is 0 Å². The average Bonchev–Trinajstić information content (AvgIpc) is 3.09. The van der Waals surface area contributed by atoms with Crippen LogP contribution < -0.4 is 5.32 Å². The fraction of sp³-hybridized carbons (Fsp3) is 0.571. The number of hydrogen-bond acceptors (Lipinski definition) is 2. The molecule has 2 rings (SSSR count). The summed E-state index contributed by atoms with van der Waals surface area (Å²) in [5.74, 6) is 1.32. The zero-order valence-electron chi connectivity index (χ0n) is 9.89. The quantitative estimate of drug-likeness (QED) is 0.768. The number of aliphatic hydroxyl groups is 1. The van der Waals surface area contributed by atoms with E-state index >= 15 is 0 Å². The van der Waals surface area contributed by atoms with E-state index in [-0.39, 0.29) is 6.10 Å². The van der Waals surface area contributed by atoms with Crippen molar-refractivity contribution < 1.29 is 5.11 Å². The molecular formula is C14H21NO. The summed E-state index contributed by atoms with van der Waals surface area (Å²) in [5.41, 5.74) is 1.28. The van der Waals surface area contributed by atoms with Crippen LogP contribution in [0.25, 0.3) is 0 Å². The van der Waals surface area contributed by atoms with Gasteiger partial charge in [0.15, 0.2) is 0 Å². The zero-order valence-corrected chi connectivity index (χ0v) is 9.89. The molecule has 0 bridgehead atoms. The average molecular weight is 219 g/mol. The molecule has 1 aliphatic carbocycles. The molecule has 1 fully saturated rings. The second kappa shape index (κ2) is 5.46. The predicted octanol–water partition coefficient (Wildman–Crippen LogP) is 2.18. The summed E-state index contributed by atoms with van der Waals surface area (Å²) >= 11 is 0. The van der Waals surface area contributed by atoms with Crippen molar-refractivity contribution in [2.75, 3.05) is 6.54 Å². The van der Waals surface area contributed by atoms with E-state index in [0.29, 0.717) is 5.92 Å². The zero-order chi connectivity index (χ0) is 11.4. The molecule has 1 aromatic rings. The van der Waals surface area contributed by atoms with Crippen molar-refractivity contribution in [3.05, 3.63) is 35.9 Å². The molecule has 2 N–H and O–H groups in total. The fourth-order valence-corrected chi connectivity index (χ4v) is 2.32. The number of aliphatic hydroxyl groups excluding tert-OH is 1. The molecule has 3 unspecified atom stereocenters. The van der Waals surface area contributed by atoms with Gasteiger partial charge in [-0.3, -0.25) is 0 Å². The normalized spacial score (nSPS) is 25.4. The Kier molecular flexibility index (Phi) is 3.97. The highest BCUT2D eigenvalue weighted by Crippen LogP contribution is 2.43. The van der Waals surface area contributed by atoms with Crippen molar-refractivity contribution in [3.8, 4) is 0 Å². The van der Waals surface area contributed by atoms with Crippen LogP contribution in [0, 0.1) is 11.8 Å². The van der Waals surface area contributed by atoms with Crippen LogP contribution in [0.1, 0.15) is 25.3 Å². The Hall–Kier alpha value is -0.860. The van der Waals surface area contributed by atoms with E-state index in [4.69, 9.17) is 0 Å². The maximum absolute atomic E-state index is 9.91. The first-order valence-corrected chi connectivity index (χ1v) is 6.24. The van der Waals surface area contributed by atoms with Crippen molar-refractivity contribution in [1.29, 1.82) is 0 Å². The van der Waals surface area contributed by atoms with Crippen LogP contribution in [0.3, 0.4) is 0 Å². The van der Waals surface area contributed by atoms with Gasteiger partial charge in [-0.2, -0.15) is 0 Å². The first-order valence-electron chi connectivity index (χ1n) is 6.24. The van der Waals surface area contributed by atoms with Gasteiger partial charge in [-0.25, -0.2) is 0 Å². The standard InChI is InChI=1S/C14H21NO/c1-2-12-8-13(12)14(16)10-15-9-11-6-4-3-5-7-11/h3-7,12-16H,2,8-10H2,1H3. The lowest BCUT2D eigenvalue weighted by molar-refractivity contribution is 0.142. The van der Waals surface area contributed by atoms with E-state index in [1.165, 1.54) is 18.4 Å². The Labute approximate surface area is 97.7 Å². The van der Waals surface area contributed by atoms with Gasteiger partial charge in [0.1, 0.15) is 0 Å². The summed E-state index contributed by atoms with van der Waals surface area (Å²) in [7, 11) is 0. The van der Waals surface area contributed by atoms with Gasteiger partial charge < -0.3 is 10.4 Å². The van der Waals surface area contributed by atoms with Crippen LogP contribution in [0.2, 0.25) is 0 Å². The van der Waals surface area contributed by atoms with Crippen molar-refractivity contribution >= 4 is 0 Å². The number of hydrogen-bond donors (Lipinski definition) is 2. The largest absolute Gasteiger partial charge is 0.392 e. The summed E-state index contributed by atoms with van der Waals surface area (Å²) in [6, 6.07) is 10.3. The second-order valence-corrected chi connectivity index (χ2v) is 4.75. The van der Waals surface area contributed by atoms with Gasteiger partial charge in [0.25, 0.3) is 0 Å². The van der Waals surface area contributed by atoms with E-state index in [9.17, 15) is 5.11 Å². The predicted molar refractivity (Wildman–Crippen MR) is 66.0 cm³/mol. The molecule has 0 aliphatic heterocycles. The lowest BCUT2D eigenvalue weighted by atomic mass is 10.1. The van der Waals surface area contributed by atoms with Crippen molar-refractivity contribution in [2.45, 2.75) is 32.4 Å². The van der Waals surface area contributed by atoms with Crippen LogP contribution in [0.5, 0.6) is 0 Å². The number of nitrogens with one attached hydrogen (secondary N) is 1. The minimum absolute atomic E-state index is 0.159. The van der Waals surface area contributed by atoms with Gasteiger partial charge in [0.05, 0.1) is 6.10 Å². The summed E-state index contributed by atoms with van der Waals surface area (Å²) in [4.78, 5) is 0. The summed E-state index contributed by atoms with van der Waals surface area (Å²) in [6.07, 6.45) is 2.26. The molecule has 0 amide bonds. The molecule has 16 heavy (non-hydrogen) atoms. The first-order chi connectivity index (χ1) is 7.81. The van der Waals surface area contributed by atoms with Crippen molar-refractivity contribution in [1.82, 2.24) is 5.32 Å². The Morgan fingerprint density at radius 2 is 2.12 bits per heavy atom. The third kappa shape index (κ3) is 3.06. The van der Waals surface area contributed by atoms with Gasteiger partial charge in [-0.1, -0.05) is 43.7 Å². The fourth-order valence-electron chi connectivity index (χ4n) is 2.32. The molecule has 0 saturated heterocycles. The molecule has 2 heteroatoms. The molecule has 0 spiro atoms. The molecule has 88 valence electrons. The second-order valence-electron chi connectivity index (χ2n) is 4.75. The molecule has 0 radical (unpaired) electrons. The SMILES string of the molecule is CCC1CC1C(O)CNCc1ccccc1. The lowest BCUT2D eigenvalue weighted by Gasteiger charge is -2.11. The monoisotopic (exact) mass is 219 g/mol. The number of rotatable bonds is 6. The maximum Gasteiger partial charge on any atom is 0.0695 e. The highest BCUT2D eigenvalue weighted by Gasteiger charge is 2.40. The molecule has 1 saturated carbocycles. The first kappa shape index (κ1) is 11.6. The number of benzene rings is 1. The van der Waals surface area contributed by atoms with E-state index in [0.717, 1.165) is 19.0 Å². The molecule has 1 aromatic carbocycles. The highest BCUT2D eigenvalue weighted by molar-refractivity contribution is 5.14. The molecule has 1 aliphatic rings. The van der Waals surface area contributed by atoms with Crippen LogP contribution in [-0.2, 0) is 6.54 Å². The molecule has 3 atom stereocenters. The Morgan fingerprint density at radius 3 is 2.75 bits per heavy atom. The van der Waals surface area contributed by atoms with E-state index in [1.807, 2.05) is 18.2 Å². The van der Waals surface area contributed by atoms with Crippen molar-refractivity contribution in [2.24, 2.45) is 11.8 Å². The minimum Gasteiger partial charge on any atom is -0.392 e. The van der Waals surface area contributed by atoms with Crippen LogP contribution in [-0.4, -0.2) is 17.8 Å². The van der Waals surface area contributed by atoms with E-state index in [2.05, 4.69) is 24.4 Å². The van der Waals surface area contributed by atoms with Crippen LogP contribution in [0.15, 0.2) is 30.3 Å². The lowest BCUT2D eigenvalue weighted by Crippen LogP contribution is -2.28. The van der Waals surface area contributed by atoms with E-state index < -0.39 is 0 Å². The molecule has 2 nitrogen and oxygen atoms in total. The van der Waals surface area contributed by atoms with Crippen LogP contribution >= 0.6 is 0 Å². The summed E-state index contributed by atoms with van der Waals surface area (Å²) in [5, 5.41) is 13.2. The van der Waals surface area contributed by atoms with Gasteiger partial charge >= 0.3 is 0 Å².